The zero-order valence-electron chi connectivity index (χ0n) is 7.25. The number of carboxylic acid groups (broad SMARTS) is 1. The van der Waals surface area contributed by atoms with Gasteiger partial charge in [-0.15, -0.1) is 0 Å². The van der Waals surface area contributed by atoms with Crippen LogP contribution in [0, 0.1) is 0 Å². The molecule has 0 aromatic carbocycles. The molecular weight excluding hydrogens is 156 g/mol. The quantitative estimate of drug-likeness (QED) is 0.452. The van der Waals surface area contributed by atoms with Crippen LogP contribution in [-0.4, -0.2) is 22.8 Å². The summed E-state index contributed by atoms with van der Waals surface area (Å²) in [6, 6.07) is 0. The van der Waals surface area contributed by atoms with Crippen LogP contribution in [0.2, 0.25) is 0 Å². The average molecular weight is 172 g/mol. The van der Waals surface area contributed by atoms with E-state index in [1.165, 1.54) is 0 Å². The van der Waals surface area contributed by atoms with Crippen LogP contribution >= 0.6 is 0 Å². The number of aliphatic hydroxyl groups is 1. The molecule has 0 rings (SSSR count). The minimum atomic E-state index is -0.905. The Hall–Kier alpha value is -0.830. The summed E-state index contributed by atoms with van der Waals surface area (Å²) in [5.41, 5.74) is 0.277. The molecule has 12 heavy (non-hydrogen) atoms. The van der Waals surface area contributed by atoms with E-state index in [0.717, 1.165) is 25.7 Å². The molecule has 3 heteroatoms. The Morgan fingerprint density at radius 1 is 1.17 bits per heavy atom. The molecule has 0 fully saturated rings. The molecule has 0 saturated heterocycles. The van der Waals surface area contributed by atoms with Gasteiger partial charge in [0, 0.05) is 12.2 Å². The van der Waals surface area contributed by atoms with Crippen molar-refractivity contribution in [2.24, 2.45) is 0 Å². The van der Waals surface area contributed by atoms with Gasteiger partial charge in [0.2, 0.25) is 0 Å². The van der Waals surface area contributed by atoms with E-state index in [2.05, 4.69) is 6.58 Å². The van der Waals surface area contributed by atoms with Crippen molar-refractivity contribution in [2.75, 3.05) is 6.61 Å². The molecule has 0 spiro atoms. The van der Waals surface area contributed by atoms with Crippen molar-refractivity contribution in [1.29, 1.82) is 0 Å². The maximum Gasteiger partial charge on any atom is 0.330 e. The lowest BCUT2D eigenvalue weighted by Gasteiger charge is -1.99. The van der Waals surface area contributed by atoms with Crippen LogP contribution in [0.4, 0.5) is 0 Å². The minimum Gasteiger partial charge on any atom is -0.478 e. The van der Waals surface area contributed by atoms with E-state index in [0.29, 0.717) is 6.42 Å². The summed E-state index contributed by atoms with van der Waals surface area (Å²) in [5.74, 6) is -0.905. The van der Waals surface area contributed by atoms with Crippen LogP contribution in [0.15, 0.2) is 12.2 Å². The van der Waals surface area contributed by atoms with E-state index in [4.69, 9.17) is 10.2 Å². The second-order valence-electron chi connectivity index (χ2n) is 2.80. The topological polar surface area (TPSA) is 57.5 Å². The standard InChI is InChI=1S/C9H16O3/c1-8(9(11)12)6-4-2-3-5-7-10/h10H,1-7H2,(H,11,12). The average Bonchev–Trinajstić information content (AvgIpc) is 2.03. The Morgan fingerprint density at radius 3 is 2.25 bits per heavy atom. The van der Waals surface area contributed by atoms with Gasteiger partial charge in [0.1, 0.15) is 0 Å². The van der Waals surface area contributed by atoms with Crippen molar-refractivity contribution in [3.8, 4) is 0 Å². The van der Waals surface area contributed by atoms with Gasteiger partial charge in [-0.3, -0.25) is 0 Å². The Morgan fingerprint density at radius 2 is 1.75 bits per heavy atom. The lowest BCUT2D eigenvalue weighted by Crippen LogP contribution is -1.98. The summed E-state index contributed by atoms with van der Waals surface area (Å²) in [5, 5.41) is 16.9. The van der Waals surface area contributed by atoms with Gasteiger partial charge in [-0.2, -0.15) is 0 Å². The van der Waals surface area contributed by atoms with Gasteiger partial charge in [-0.05, 0) is 19.3 Å². The van der Waals surface area contributed by atoms with Crippen molar-refractivity contribution in [1.82, 2.24) is 0 Å². The molecular formula is C9H16O3. The van der Waals surface area contributed by atoms with Crippen molar-refractivity contribution >= 4 is 5.97 Å². The van der Waals surface area contributed by atoms with E-state index >= 15 is 0 Å². The monoisotopic (exact) mass is 172 g/mol. The van der Waals surface area contributed by atoms with Crippen molar-refractivity contribution < 1.29 is 15.0 Å². The molecule has 3 nitrogen and oxygen atoms in total. The number of unbranched alkanes of at least 4 members (excludes halogenated alkanes) is 3. The molecule has 0 aromatic rings. The first kappa shape index (κ1) is 11.2. The van der Waals surface area contributed by atoms with Crippen LogP contribution in [0.25, 0.3) is 0 Å². The first-order valence-electron chi connectivity index (χ1n) is 4.20. The molecule has 0 aliphatic rings. The molecule has 0 saturated carbocycles. The highest BCUT2D eigenvalue weighted by Gasteiger charge is 2.01. The first-order valence-corrected chi connectivity index (χ1v) is 4.20. The molecule has 0 bridgehead atoms. The predicted octanol–water partition coefficient (Wildman–Crippen LogP) is 1.57. The molecule has 0 aliphatic carbocycles. The van der Waals surface area contributed by atoms with Gasteiger partial charge in [0.25, 0.3) is 0 Å². The molecule has 2 N–H and O–H groups in total. The molecule has 0 atom stereocenters. The Bertz CT molecular complexity index is 152. The van der Waals surface area contributed by atoms with E-state index in [9.17, 15) is 4.79 Å². The van der Waals surface area contributed by atoms with Gasteiger partial charge < -0.3 is 10.2 Å². The van der Waals surface area contributed by atoms with Crippen molar-refractivity contribution in [3.63, 3.8) is 0 Å². The molecule has 0 heterocycles. The summed E-state index contributed by atoms with van der Waals surface area (Å²) in [6.45, 7) is 3.65. The number of hydrogen-bond donors (Lipinski definition) is 2. The number of carbonyl (C=O) groups is 1. The third kappa shape index (κ3) is 5.92. The predicted molar refractivity (Wildman–Crippen MR) is 46.9 cm³/mol. The molecule has 0 aromatic heterocycles. The maximum atomic E-state index is 10.3. The summed E-state index contributed by atoms with van der Waals surface area (Å²) < 4.78 is 0. The van der Waals surface area contributed by atoms with E-state index in [1.807, 2.05) is 0 Å². The van der Waals surface area contributed by atoms with E-state index in [-0.39, 0.29) is 12.2 Å². The summed E-state index contributed by atoms with van der Waals surface area (Å²) in [4.78, 5) is 10.3. The van der Waals surface area contributed by atoms with Gasteiger partial charge in [0.05, 0.1) is 0 Å². The van der Waals surface area contributed by atoms with Crippen LogP contribution in [0.5, 0.6) is 0 Å². The highest BCUT2D eigenvalue weighted by Crippen LogP contribution is 2.08. The number of aliphatic carboxylic acids is 1. The summed E-state index contributed by atoms with van der Waals surface area (Å²) in [7, 11) is 0. The van der Waals surface area contributed by atoms with Gasteiger partial charge in [-0.1, -0.05) is 19.4 Å². The van der Waals surface area contributed by atoms with Gasteiger partial charge in [0.15, 0.2) is 0 Å². The normalized spacial score (nSPS) is 9.75. The Labute approximate surface area is 72.7 Å². The first-order chi connectivity index (χ1) is 5.68. The van der Waals surface area contributed by atoms with Crippen LogP contribution in [0.3, 0.4) is 0 Å². The lowest BCUT2D eigenvalue weighted by atomic mass is 10.1. The number of aliphatic hydroxyl groups excluding tert-OH is 1. The largest absolute Gasteiger partial charge is 0.478 e. The minimum absolute atomic E-state index is 0.222. The number of rotatable bonds is 7. The summed E-state index contributed by atoms with van der Waals surface area (Å²) >= 11 is 0. The third-order valence-electron chi connectivity index (χ3n) is 1.69. The van der Waals surface area contributed by atoms with E-state index in [1.54, 1.807) is 0 Å². The molecule has 0 radical (unpaired) electrons. The van der Waals surface area contributed by atoms with Crippen LogP contribution in [-0.2, 0) is 4.79 Å². The second kappa shape index (κ2) is 6.85. The van der Waals surface area contributed by atoms with Crippen molar-refractivity contribution in [2.45, 2.75) is 32.1 Å². The van der Waals surface area contributed by atoms with E-state index < -0.39 is 5.97 Å². The third-order valence-corrected chi connectivity index (χ3v) is 1.69. The number of hydrogen-bond acceptors (Lipinski definition) is 2. The maximum absolute atomic E-state index is 10.3. The van der Waals surface area contributed by atoms with Gasteiger partial charge in [-0.25, -0.2) is 4.79 Å². The highest BCUT2D eigenvalue weighted by molar-refractivity contribution is 5.85. The fourth-order valence-electron chi connectivity index (χ4n) is 0.911. The molecule has 0 aliphatic heterocycles. The Kier molecular flexibility index (Phi) is 6.38. The van der Waals surface area contributed by atoms with Crippen LogP contribution < -0.4 is 0 Å². The zero-order chi connectivity index (χ0) is 9.40. The second-order valence-corrected chi connectivity index (χ2v) is 2.80. The summed E-state index contributed by atoms with van der Waals surface area (Å²) in [6.07, 6.45) is 4.14. The van der Waals surface area contributed by atoms with Crippen LogP contribution in [0.1, 0.15) is 32.1 Å². The smallest absolute Gasteiger partial charge is 0.330 e. The zero-order valence-corrected chi connectivity index (χ0v) is 7.25. The molecule has 0 unspecified atom stereocenters. The highest BCUT2D eigenvalue weighted by atomic mass is 16.4. The number of carboxylic acids is 1. The molecule has 0 amide bonds. The SMILES string of the molecule is C=C(CCCCCCO)C(=O)O. The van der Waals surface area contributed by atoms with Crippen molar-refractivity contribution in [3.05, 3.63) is 12.2 Å². The molecule has 70 valence electrons. The Balaban J connectivity index is 3.20. The fourth-order valence-corrected chi connectivity index (χ4v) is 0.911. The van der Waals surface area contributed by atoms with Gasteiger partial charge >= 0.3 is 5.97 Å². The fraction of sp³-hybridized carbons (Fsp3) is 0.667. The lowest BCUT2D eigenvalue weighted by molar-refractivity contribution is -0.132.